The molecule has 0 radical (unpaired) electrons. The van der Waals surface area contributed by atoms with Crippen molar-refractivity contribution in [3.05, 3.63) is 0 Å². The van der Waals surface area contributed by atoms with E-state index >= 15 is 0 Å². The summed E-state index contributed by atoms with van der Waals surface area (Å²) < 4.78 is 0. The number of carbonyl (C=O) groups excluding carboxylic acids is 1. The summed E-state index contributed by atoms with van der Waals surface area (Å²) in [5.41, 5.74) is 9.94. The minimum Gasteiger partial charge on any atom is -0.480 e. The maximum absolute atomic E-state index is 11.9. The van der Waals surface area contributed by atoms with Crippen molar-refractivity contribution in [2.45, 2.75) is 37.7 Å². The summed E-state index contributed by atoms with van der Waals surface area (Å²) in [5.74, 6) is -1.92. The molecule has 3 atom stereocenters. The molecule has 1 aliphatic heterocycles. The highest BCUT2D eigenvalue weighted by Gasteiger charge is 2.50. The minimum atomic E-state index is -1.51. The quantitative estimate of drug-likeness (QED) is 0.349. The summed E-state index contributed by atoms with van der Waals surface area (Å²) in [7, 11) is -1.42. The van der Waals surface area contributed by atoms with Gasteiger partial charge in [-0.15, -0.1) is 0 Å². The number of rotatable bonds is 6. The van der Waals surface area contributed by atoms with Gasteiger partial charge in [0.2, 0.25) is 5.91 Å². The average molecular weight is 287 g/mol. The molecule has 1 fully saturated rings. The van der Waals surface area contributed by atoms with Gasteiger partial charge in [0.25, 0.3) is 0 Å². The van der Waals surface area contributed by atoms with E-state index in [1.54, 1.807) is 0 Å². The van der Waals surface area contributed by atoms with Crippen LogP contribution in [0.2, 0.25) is 6.32 Å². The van der Waals surface area contributed by atoms with E-state index in [1.165, 1.54) is 11.8 Å². The average Bonchev–Trinajstić information content (AvgIpc) is 2.67. The zero-order valence-corrected chi connectivity index (χ0v) is 11.5. The van der Waals surface area contributed by atoms with Crippen LogP contribution in [0.25, 0.3) is 0 Å². The Kier molecular flexibility index (Phi) is 5.52. The topological polar surface area (TPSA) is 150 Å². The van der Waals surface area contributed by atoms with Crippen LogP contribution >= 0.6 is 0 Å². The highest BCUT2D eigenvalue weighted by molar-refractivity contribution is 6.40. The van der Waals surface area contributed by atoms with Crippen molar-refractivity contribution < 1.29 is 24.7 Å². The molecule has 1 saturated heterocycles. The Morgan fingerprint density at radius 2 is 2.10 bits per heavy atom. The highest BCUT2D eigenvalue weighted by Crippen LogP contribution is 2.30. The number of likely N-dealkylation sites (tertiary alicyclic amines) is 1. The minimum absolute atomic E-state index is 0.0744. The lowest BCUT2D eigenvalue weighted by Crippen LogP contribution is -2.55. The molecule has 7 N–H and O–H groups in total. The number of hydrogen-bond donors (Lipinski definition) is 5. The number of aliphatic carboxylic acids is 1. The van der Waals surface area contributed by atoms with Crippen LogP contribution in [0.3, 0.4) is 0 Å². The van der Waals surface area contributed by atoms with E-state index in [1.807, 2.05) is 0 Å². The summed E-state index contributed by atoms with van der Waals surface area (Å²) in [4.78, 5) is 24.6. The smallest absolute Gasteiger partial charge is 0.451 e. The Labute approximate surface area is 117 Å². The van der Waals surface area contributed by atoms with E-state index in [4.69, 9.17) is 21.5 Å². The van der Waals surface area contributed by atoms with Crippen LogP contribution in [0.4, 0.5) is 0 Å². The van der Waals surface area contributed by atoms with Crippen LogP contribution in [0.15, 0.2) is 0 Å². The van der Waals surface area contributed by atoms with Crippen LogP contribution in [-0.2, 0) is 9.59 Å². The first-order chi connectivity index (χ1) is 9.18. The zero-order valence-electron chi connectivity index (χ0n) is 11.5. The van der Waals surface area contributed by atoms with Gasteiger partial charge in [-0.2, -0.15) is 0 Å². The fourth-order valence-corrected chi connectivity index (χ4v) is 2.53. The molecule has 0 aliphatic carbocycles. The van der Waals surface area contributed by atoms with E-state index in [-0.39, 0.29) is 25.3 Å². The summed E-state index contributed by atoms with van der Waals surface area (Å²) in [5, 5.41) is 26.9. The Hall–Kier alpha value is -1.16. The van der Waals surface area contributed by atoms with Crippen molar-refractivity contribution in [1.82, 2.24) is 4.90 Å². The molecule has 1 aliphatic rings. The summed E-state index contributed by atoms with van der Waals surface area (Å²) in [6.07, 6.45) is 0.978. The lowest BCUT2D eigenvalue weighted by atomic mass is 9.78. The standard InChI is InChI=1S/C11H22BN3O5/c1-7(13)9(16)15-5-8(3-2-4-12(19)20)11(14,6-15)10(17)18/h7-8,19-20H,2-6,13-14H2,1H3,(H,17,18)/t7-,8-,11-/m1/s1. The molecule has 8 nitrogen and oxygen atoms in total. The number of carboxylic acid groups (broad SMARTS) is 1. The summed E-state index contributed by atoms with van der Waals surface area (Å²) in [6, 6.07) is -0.703. The van der Waals surface area contributed by atoms with Gasteiger partial charge in [-0.25, -0.2) is 0 Å². The third kappa shape index (κ3) is 3.69. The van der Waals surface area contributed by atoms with E-state index < -0.39 is 30.6 Å². The molecular weight excluding hydrogens is 265 g/mol. The predicted molar refractivity (Wildman–Crippen MR) is 72.5 cm³/mol. The first-order valence-electron chi connectivity index (χ1n) is 6.61. The predicted octanol–water partition coefficient (Wildman–Crippen LogP) is -2.17. The third-order valence-electron chi connectivity index (χ3n) is 3.74. The molecule has 20 heavy (non-hydrogen) atoms. The summed E-state index contributed by atoms with van der Waals surface area (Å²) in [6.45, 7) is 1.69. The first-order valence-corrected chi connectivity index (χ1v) is 6.61. The molecule has 1 heterocycles. The number of amides is 1. The molecule has 0 spiro atoms. The molecule has 0 aromatic heterocycles. The van der Waals surface area contributed by atoms with E-state index in [0.29, 0.717) is 12.8 Å². The molecule has 114 valence electrons. The van der Waals surface area contributed by atoms with Gasteiger partial charge in [-0.1, -0.05) is 6.42 Å². The SMILES string of the molecule is C[C@@H](N)C(=O)N1C[C@@H](CCCB(O)O)[C@@](N)(C(=O)O)C1. The van der Waals surface area contributed by atoms with Crippen LogP contribution < -0.4 is 11.5 Å². The van der Waals surface area contributed by atoms with Crippen molar-refractivity contribution in [2.24, 2.45) is 17.4 Å². The van der Waals surface area contributed by atoms with Crippen molar-refractivity contribution in [2.75, 3.05) is 13.1 Å². The second kappa shape index (κ2) is 6.53. The number of carboxylic acids is 1. The molecule has 0 bridgehead atoms. The third-order valence-corrected chi connectivity index (χ3v) is 3.74. The van der Waals surface area contributed by atoms with Gasteiger partial charge in [0.05, 0.1) is 6.04 Å². The van der Waals surface area contributed by atoms with Gasteiger partial charge in [0.1, 0.15) is 5.54 Å². The Morgan fingerprint density at radius 1 is 1.50 bits per heavy atom. The van der Waals surface area contributed by atoms with Crippen molar-refractivity contribution >= 4 is 19.0 Å². The zero-order chi connectivity index (χ0) is 15.5. The van der Waals surface area contributed by atoms with Crippen LogP contribution in [0.5, 0.6) is 0 Å². The fourth-order valence-electron chi connectivity index (χ4n) is 2.53. The lowest BCUT2D eigenvalue weighted by molar-refractivity contribution is -0.144. The molecule has 1 rings (SSSR count). The van der Waals surface area contributed by atoms with Crippen molar-refractivity contribution in [1.29, 1.82) is 0 Å². The van der Waals surface area contributed by atoms with Crippen LogP contribution in [0, 0.1) is 5.92 Å². The molecule has 1 amide bonds. The van der Waals surface area contributed by atoms with Gasteiger partial charge in [0, 0.05) is 19.0 Å². The van der Waals surface area contributed by atoms with Crippen LogP contribution in [0.1, 0.15) is 19.8 Å². The van der Waals surface area contributed by atoms with Gasteiger partial charge in [0.15, 0.2) is 0 Å². The second-order valence-corrected chi connectivity index (χ2v) is 5.46. The number of nitrogens with zero attached hydrogens (tertiary/aromatic N) is 1. The Bertz CT molecular complexity index is 379. The molecule has 9 heteroatoms. The van der Waals surface area contributed by atoms with Gasteiger partial charge in [-0.05, 0) is 19.7 Å². The van der Waals surface area contributed by atoms with Crippen LogP contribution in [-0.4, -0.2) is 63.7 Å². The molecular formula is C11H22BN3O5. The maximum Gasteiger partial charge on any atom is 0.451 e. The molecule has 0 aromatic carbocycles. The Morgan fingerprint density at radius 3 is 2.55 bits per heavy atom. The first kappa shape index (κ1) is 16.9. The number of hydrogen-bond acceptors (Lipinski definition) is 6. The second-order valence-electron chi connectivity index (χ2n) is 5.46. The van der Waals surface area contributed by atoms with Gasteiger partial charge >= 0.3 is 13.1 Å². The van der Waals surface area contributed by atoms with E-state index in [9.17, 15) is 14.7 Å². The van der Waals surface area contributed by atoms with Gasteiger partial charge < -0.3 is 31.5 Å². The largest absolute Gasteiger partial charge is 0.480 e. The van der Waals surface area contributed by atoms with Crippen molar-refractivity contribution in [3.63, 3.8) is 0 Å². The summed E-state index contributed by atoms with van der Waals surface area (Å²) >= 11 is 0. The van der Waals surface area contributed by atoms with Crippen molar-refractivity contribution in [3.8, 4) is 0 Å². The maximum atomic E-state index is 11.9. The molecule has 0 unspecified atom stereocenters. The van der Waals surface area contributed by atoms with Gasteiger partial charge in [-0.3, -0.25) is 9.59 Å². The Balaban J connectivity index is 2.74. The number of nitrogens with two attached hydrogens (primary N) is 2. The lowest BCUT2D eigenvalue weighted by Gasteiger charge is -2.25. The fraction of sp³-hybridized carbons (Fsp3) is 0.818. The molecule has 0 saturated carbocycles. The van der Waals surface area contributed by atoms with E-state index in [0.717, 1.165) is 0 Å². The normalized spacial score (nSPS) is 27.4. The monoisotopic (exact) mass is 287 g/mol. The number of carbonyl (C=O) groups is 2. The van der Waals surface area contributed by atoms with E-state index in [2.05, 4.69) is 0 Å². The molecule has 0 aromatic rings. The highest BCUT2D eigenvalue weighted by atomic mass is 16.4.